The van der Waals surface area contributed by atoms with E-state index in [0.29, 0.717) is 30.4 Å². The van der Waals surface area contributed by atoms with Crippen molar-refractivity contribution >= 4 is 29.1 Å². The molecule has 5 nitrogen and oxygen atoms in total. The maximum absolute atomic E-state index is 12.1. The maximum atomic E-state index is 12.1. The highest BCUT2D eigenvalue weighted by Crippen LogP contribution is 2.21. The van der Waals surface area contributed by atoms with Crippen molar-refractivity contribution in [3.8, 4) is 0 Å². The molecule has 1 aliphatic rings. The first-order valence-corrected chi connectivity index (χ1v) is 6.81. The van der Waals surface area contributed by atoms with Crippen LogP contribution in [0.4, 0.5) is 5.69 Å². The lowest BCUT2D eigenvalue weighted by Gasteiger charge is -2.15. The van der Waals surface area contributed by atoms with Crippen LogP contribution in [-0.2, 0) is 14.3 Å². The topological polar surface area (TPSA) is 58.6 Å². The largest absolute Gasteiger partial charge is 0.383 e. The third kappa shape index (κ3) is 3.71. The zero-order chi connectivity index (χ0) is 14.5. The molecular weight excluding hydrogens is 280 g/mol. The van der Waals surface area contributed by atoms with Gasteiger partial charge in [-0.15, -0.1) is 0 Å². The molecule has 0 aliphatic carbocycles. The molecule has 1 aliphatic heterocycles. The van der Waals surface area contributed by atoms with Crippen molar-refractivity contribution in [2.45, 2.75) is 6.42 Å². The SMILES string of the molecule is COCCN1CC(C(=O)Nc2cccc(Cl)c2)CC1=O. The van der Waals surface area contributed by atoms with Crippen molar-refractivity contribution in [3.05, 3.63) is 29.3 Å². The number of hydrogen-bond acceptors (Lipinski definition) is 3. The molecule has 1 unspecified atom stereocenters. The lowest BCUT2D eigenvalue weighted by atomic mass is 10.1. The van der Waals surface area contributed by atoms with E-state index in [1.807, 2.05) is 0 Å². The zero-order valence-electron chi connectivity index (χ0n) is 11.3. The number of carbonyl (C=O) groups is 2. The third-order valence-corrected chi connectivity index (χ3v) is 3.48. The average Bonchev–Trinajstić information content (AvgIpc) is 2.78. The summed E-state index contributed by atoms with van der Waals surface area (Å²) in [6, 6.07) is 6.95. The first-order chi connectivity index (χ1) is 9.60. The molecule has 0 radical (unpaired) electrons. The molecule has 1 heterocycles. The number of halogens is 1. The fourth-order valence-electron chi connectivity index (χ4n) is 2.18. The summed E-state index contributed by atoms with van der Waals surface area (Å²) in [6.45, 7) is 1.44. The Balaban J connectivity index is 1.92. The number of carbonyl (C=O) groups excluding carboxylic acids is 2. The number of nitrogens with one attached hydrogen (secondary N) is 1. The highest BCUT2D eigenvalue weighted by Gasteiger charge is 2.33. The molecular formula is C14H17ClN2O3. The normalized spacial score (nSPS) is 18.4. The Morgan fingerprint density at radius 2 is 2.35 bits per heavy atom. The Morgan fingerprint density at radius 1 is 1.55 bits per heavy atom. The van der Waals surface area contributed by atoms with Crippen LogP contribution in [0.15, 0.2) is 24.3 Å². The number of rotatable bonds is 5. The Kier molecular flexibility index (Phi) is 4.98. The van der Waals surface area contributed by atoms with Crippen molar-refractivity contribution in [2.75, 3.05) is 32.1 Å². The lowest BCUT2D eigenvalue weighted by molar-refractivity contribution is -0.128. The van der Waals surface area contributed by atoms with Crippen LogP contribution in [0.5, 0.6) is 0 Å². The van der Waals surface area contributed by atoms with Crippen LogP contribution >= 0.6 is 11.6 Å². The molecule has 2 rings (SSSR count). The molecule has 2 amide bonds. The van der Waals surface area contributed by atoms with Gasteiger partial charge in [0.05, 0.1) is 12.5 Å². The molecule has 0 spiro atoms. The number of likely N-dealkylation sites (tertiary alicyclic amines) is 1. The highest BCUT2D eigenvalue weighted by molar-refractivity contribution is 6.30. The van der Waals surface area contributed by atoms with Crippen LogP contribution in [0.25, 0.3) is 0 Å². The maximum Gasteiger partial charge on any atom is 0.229 e. The van der Waals surface area contributed by atoms with Crippen molar-refractivity contribution in [2.24, 2.45) is 5.92 Å². The number of methoxy groups -OCH3 is 1. The monoisotopic (exact) mass is 296 g/mol. The van der Waals surface area contributed by atoms with Gasteiger partial charge in [0.1, 0.15) is 0 Å². The Morgan fingerprint density at radius 3 is 3.05 bits per heavy atom. The second-order valence-corrected chi connectivity index (χ2v) is 5.17. The molecule has 0 bridgehead atoms. The van der Waals surface area contributed by atoms with E-state index in [2.05, 4.69) is 5.32 Å². The van der Waals surface area contributed by atoms with Gasteiger partial charge >= 0.3 is 0 Å². The second-order valence-electron chi connectivity index (χ2n) is 4.73. The van der Waals surface area contributed by atoms with Crippen molar-refractivity contribution < 1.29 is 14.3 Å². The summed E-state index contributed by atoms with van der Waals surface area (Å²) < 4.78 is 4.95. The summed E-state index contributed by atoms with van der Waals surface area (Å²) in [5, 5.41) is 3.35. The predicted molar refractivity (Wildman–Crippen MR) is 76.6 cm³/mol. The van der Waals surface area contributed by atoms with E-state index < -0.39 is 0 Å². The van der Waals surface area contributed by atoms with Crippen LogP contribution in [0.3, 0.4) is 0 Å². The smallest absolute Gasteiger partial charge is 0.229 e. The Bertz CT molecular complexity index is 507. The molecule has 0 aromatic heterocycles. The summed E-state index contributed by atoms with van der Waals surface area (Å²) in [5.41, 5.74) is 0.644. The first kappa shape index (κ1) is 14.8. The number of nitrogens with zero attached hydrogens (tertiary/aromatic N) is 1. The van der Waals surface area contributed by atoms with E-state index in [1.54, 1.807) is 36.3 Å². The van der Waals surface area contributed by atoms with Crippen LogP contribution in [0, 0.1) is 5.92 Å². The van der Waals surface area contributed by atoms with Crippen LogP contribution in [0.1, 0.15) is 6.42 Å². The molecule has 6 heteroatoms. The van der Waals surface area contributed by atoms with E-state index in [0.717, 1.165) is 0 Å². The van der Waals surface area contributed by atoms with E-state index in [4.69, 9.17) is 16.3 Å². The summed E-state index contributed by atoms with van der Waals surface area (Å²) in [5.74, 6) is -0.479. The van der Waals surface area contributed by atoms with Gasteiger partial charge in [0.2, 0.25) is 11.8 Å². The number of anilines is 1. The van der Waals surface area contributed by atoms with Gasteiger partial charge in [-0.1, -0.05) is 17.7 Å². The summed E-state index contributed by atoms with van der Waals surface area (Å²) in [6.07, 6.45) is 0.246. The third-order valence-electron chi connectivity index (χ3n) is 3.24. The number of hydrogen-bond donors (Lipinski definition) is 1. The molecule has 1 atom stereocenters. The van der Waals surface area contributed by atoms with Gasteiger partial charge in [-0.2, -0.15) is 0 Å². The summed E-state index contributed by atoms with van der Waals surface area (Å²) in [7, 11) is 1.59. The van der Waals surface area contributed by atoms with Gasteiger partial charge in [0.15, 0.2) is 0 Å². The van der Waals surface area contributed by atoms with Crippen LogP contribution in [0.2, 0.25) is 5.02 Å². The van der Waals surface area contributed by atoms with Gasteiger partial charge in [0.25, 0.3) is 0 Å². The van der Waals surface area contributed by atoms with Crippen LogP contribution in [-0.4, -0.2) is 43.5 Å². The van der Waals surface area contributed by atoms with E-state index in [1.165, 1.54) is 0 Å². The standard InChI is InChI=1S/C14H17ClN2O3/c1-20-6-5-17-9-10(7-13(17)18)14(19)16-12-4-2-3-11(15)8-12/h2-4,8,10H,5-7,9H2,1H3,(H,16,19). The first-order valence-electron chi connectivity index (χ1n) is 6.43. The van der Waals surface area contributed by atoms with Gasteiger partial charge in [0, 0.05) is 37.3 Å². The average molecular weight is 297 g/mol. The van der Waals surface area contributed by atoms with Gasteiger partial charge in [-0.3, -0.25) is 9.59 Å². The number of benzene rings is 1. The highest BCUT2D eigenvalue weighted by atomic mass is 35.5. The predicted octanol–water partition coefficient (Wildman–Crippen LogP) is 1.77. The minimum Gasteiger partial charge on any atom is -0.383 e. The molecule has 1 aromatic rings. The molecule has 1 aromatic carbocycles. The Hall–Kier alpha value is -1.59. The molecule has 0 saturated carbocycles. The van der Waals surface area contributed by atoms with Crippen molar-refractivity contribution in [1.29, 1.82) is 0 Å². The second kappa shape index (κ2) is 6.72. The fraction of sp³-hybridized carbons (Fsp3) is 0.429. The van der Waals surface area contributed by atoms with Gasteiger partial charge < -0.3 is 15.0 Å². The van der Waals surface area contributed by atoms with Crippen molar-refractivity contribution in [3.63, 3.8) is 0 Å². The van der Waals surface area contributed by atoms with E-state index in [9.17, 15) is 9.59 Å². The molecule has 20 heavy (non-hydrogen) atoms. The molecule has 1 saturated heterocycles. The molecule has 1 N–H and O–H groups in total. The van der Waals surface area contributed by atoms with Gasteiger partial charge in [-0.05, 0) is 18.2 Å². The lowest BCUT2D eigenvalue weighted by Crippen LogP contribution is -2.30. The number of amides is 2. The van der Waals surface area contributed by atoms with E-state index >= 15 is 0 Å². The van der Waals surface area contributed by atoms with E-state index in [-0.39, 0.29) is 24.2 Å². The minimum absolute atomic E-state index is 0.00621. The quantitative estimate of drug-likeness (QED) is 0.901. The fourth-order valence-corrected chi connectivity index (χ4v) is 2.37. The summed E-state index contributed by atoms with van der Waals surface area (Å²) in [4.78, 5) is 25.6. The zero-order valence-corrected chi connectivity index (χ0v) is 12.0. The molecule has 108 valence electrons. The Labute approximate surface area is 122 Å². The number of ether oxygens (including phenoxy) is 1. The summed E-state index contributed by atoms with van der Waals surface area (Å²) >= 11 is 5.86. The van der Waals surface area contributed by atoms with Crippen LogP contribution < -0.4 is 5.32 Å². The minimum atomic E-state index is -0.321. The van der Waals surface area contributed by atoms with Gasteiger partial charge in [-0.25, -0.2) is 0 Å². The molecule has 1 fully saturated rings. The van der Waals surface area contributed by atoms with Crippen molar-refractivity contribution in [1.82, 2.24) is 4.90 Å².